The number of carbonyl (C=O) groups is 1. The van der Waals surface area contributed by atoms with E-state index in [-0.39, 0.29) is 12.3 Å². The van der Waals surface area contributed by atoms with E-state index in [9.17, 15) is 4.79 Å². The van der Waals surface area contributed by atoms with Gasteiger partial charge < -0.3 is 10.1 Å². The van der Waals surface area contributed by atoms with Crippen LogP contribution in [0.4, 0.5) is 5.69 Å². The zero-order chi connectivity index (χ0) is 14.4. The van der Waals surface area contributed by atoms with Crippen molar-refractivity contribution in [3.8, 4) is 11.8 Å². The summed E-state index contributed by atoms with van der Waals surface area (Å²) in [5.74, 6) is 0.442. The SMILES string of the molecule is COc1cccc(NC(=O)c2ccccc2CC#N)c1. The van der Waals surface area contributed by atoms with Crippen LogP contribution in [0.15, 0.2) is 48.5 Å². The van der Waals surface area contributed by atoms with E-state index >= 15 is 0 Å². The second kappa shape index (κ2) is 6.39. The summed E-state index contributed by atoms with van der Waals surface area (Å²) in [6.45, 7) is 0. The van der Waals surface area contributed by atoms with Gasteiger partial charge in [-0.25, -0.2) is 0 Å². The summed E-state index contributed by atoms with van der Waals surface area (Å²) in [5.41, 5.74) is 1.88. The largest absolute Gasteiger partial charge is 0.497 e. The minimum atomic E-state index is -0.232. The number of hydrogen-bond acceptors (Lipinski definition) is 3. The van der Waals surface area contributed by atoms with Crippen LogP contribution in [0.25, 0.3) is 0 Å². The number of nitrogens with zero attached hydrogens (tertiary/aromatic N) is 1. The average molecular weight is 266 g/mol. The van der Waals surface area contributed by atoms with Crippen LogP contribution in [0.1, 0.15) is 15.9 Å². The third-order valence-electron chi connectivity index (χ3n) is 2.86. The normalized spacial score (nSPS) is 9.60. The van der Waals surface area contributed by atoms with Crippen molar-refractivity contribution in [2.24, 2.45) is 0 Å². The van der Waals surface area contributed by atoms with E-state index in [4.69, 9.17) is 10.00 Å². The highest BCUT2D eigenvalue weighted by molar-refractivity contribution is 6.05. The second-order valence-corrected chi connectivity index (χ2v) is 4.18. The molecule has 4 heteroatoms. The molecule has 2 rings (SSSR count). The van der Waals surface area contributed by atoms with Crippen LogP contribution < -0.4 is 10.1 Å². The number of benzene rings is 2. The van der Waals surface area contributed by atoms with Crippen LogP contribution in [0.2, 0.25) is 0 Å². The fourth-order valence-corrected chi connectivity index (χ4v) is 1.88. The Labute approximate surface area is 117 Å². The molecule has 0 saturated heterocycles. The zero-order valence-electron chi connectivity index (χ0n) is 11.1. The highest BCUT2D eigenvalue weighted by atomic mass is 16.5. The lowest BCUT2D eigenvalue weighted by Gasteiger charge is -2.09. The summed E-state index contributed by atoms with van der Waals surface area (Å²) < 4.78 is 5.11. The predicted octanol–water partition coefficient (Wildman–Crippen LogP) is 3.01. The van der Waals surface area contributed by atoms with Crippen LogP contribution in [0, 0.1) is 11.3 Å². The number of hydrogen-bond donors (Lipinski definition) is 1. The number of amides is 1. The van der Waals surface area contributed by atoms with Gasteiger partial charge in [-0.3, -0.25) is 4.79 Å². The Morgan fingerprint density at radius 3 is 2.80 bits per heavy atom. The van der Waals surface area contributed by atoms with Gasteiger partial charge in [0.1, 0.15) is 5.75 Å². The molecule has 0 aliphatic carbocycles. The highest BCUT2D eigenvalue weighted by Gasteiger charge is 2.11. The Kier molecular flexibility index (Phi) is 4.35. The van der Waals surface area contributed by atoms with Crippen molar-refractivity contribution in [3.05, 3.63) is 59.7 Å². The van der Waals surface area contributed by atoms with Crippen molar-refractivity contribution in [2.75, 3.05) is 12.4 Å². The van der Waals surface area contributed by atoms with Gasteiger partial charge in [0, 0.05) is 17.3 Å². The molecule has 0 radical (unpaired) electrons. The smallest absolute Gasteiger partial charge is 0.255 e. The first-order valence-electron chi connectivity index (χ1n) is 6.15. The van der Waals surface area contributed by atoms with E-state index in [0.29, 0.717) is 17.0 Å². The maximum Gasteiger partial charge on any atom is 0.255 e. The molecule has 0 atom stereocenters. The summed E-state index contributed by atoms with van der Waals surface area (Å²) in [4.78, 5) is 12.2. The Morgan fingerprint density at radius 1 is 1.25 bits per heavy atom. The third-order valence-corrected chi connectivity index (χ3v) is 2.86. The molecule has 1 amide bonds. The topological polar surface area (TPSA) is 62.1 Å². The number of carbonyl (C=O) groups excluding carboxylic acids is 1. The minimum absolute atomic E-state index is 0.210. The van der Waals surface area contributed by atoms with Crippen LogP contribution in [-0.2, 0) is 6.42 Å². The Morgan fingerprint density at radius 2 is 2.05 bits per heavy atom. The van der Waals surface area contributed by atoms with Crippen LogP contribution in [-0.4, -0.2) is 13.0 Å². The van der Waals surface area contributed by atoms with Crippen LogP contribution in [0.3, 0.4) is 0 Å². The Hall–Kier alpha value is -2.80. The molecule has 0 saturated carbocycles. The second-order valence-electron chi connectivity index (χ2n) is 4.18. The number of anilines is 1. The zero-order valence-corrected chi connectivity index (χ0v) is 11.1. The molecule has 0 fully saturated rings. The van der Waals surface area contributed by atoms with E-state index in [1.807, 2.05) is 6.07 Å². The molecule has 1 N–H and O–H groups in total. The molecule has 0 spiro atoms. The van der Waals surface area contributed by atoms with Crippen molar-refractivity contribution in [2.45, 2.75) is 6.42 Å². The first kappa shape index (κ1) is 13.6. The maximum absolute atomic E-state index is 12.2. The molecule has 0 heterocycles. The van der Waals surface area contributed by atoms with Gasteiger partial charge in [-0.1, -0.05) is 24.3 Å². The highest BCUT2D eigenvalue weighted by Crippen LogP contribution is 2.18. The average Bonchev–Trinajstić information content (AvgIpc) is 2.48. The monoisotopic (exact) mass is 266 g/mol. The molecule has 100 valence electrons. The lowest BCUT2D eigenvalue weighted by Crippen LogP contribution is -2.14. The van der Waals surface area contributed by atoms with E-state index in [2.05, 4.69) is 11.4 Å². The number of nitriles is 1. The fraction of sp³-hybridized carbons (Fsp3) is 0.125. The van der Waals surface area contributed by atoms with Crippen molar-refractivity contribution in [3.63, 3.8) is 0 Å². The van der Waals surface area contributed by atoms with Crippen molar-refractivity contribution in [1.29, 1.82) is 5.26 Å². The molecule has 0 bridgehead atoms. The predicted molar refractivity (Wildman–Crippen MR) is 76.7 cm³/mol. The molecular formula is C16H14N2O2. The van der Waals surface area contributed by atoms with Crippen molar-refractivity contribution in [1.82, 2.24) is 0 Å². The first-order chi connectivity index (χ1) is 9.74. The molecule has 0 aromatic heterocycles. The van der Waals surface area contributed by atoms with E-state index in [0.717, 1.165) is 5.56 Å². The quantitative estimate of drug-likeness (QED) is 0.925. The standard InChI is InChI=1S/C16H14N2O2/c1-20-14-7-4-6-13(11-14)18-16(19)15-8-3-2-5-12(15)9-10-17/h2-8,11H,9H2,1H3,(H,18,19). The molecule has 0 unspecified atom stereocenters. The van der Waals surface area contributed by atoms with E-state index < -0.39 is 0 Å². The van der Waals surface area contributed by atoms with Gasteiger partial charge in [0.2, 0.25) is 0 Å². The summed E-state index contributed by atoms with van der Waals surface area (Å²) >= 11 is 0. The molecule has 0 aliphatic heterocycles. The Bertz CT molecular complexity index is 660. The minimum Gasteiger partial charge on any atom is -0.497 e. The third kappa shape index (κ3) is 3.15. The van der Waals surface area contributed by atoms with Crippen LogP contribution in [0.5, 0.6) is 5.75 Å². The molecule has 2 aromatic rings. The molecule has 20 heavy (non-hydrogen) atoms. The lowest BCUT2D eigenvalue weighted by molar-refractivity contribution is 0.102. The molecule has 4 nitrogen and oxygen atoms in total. The van der Waals surface area contributed by atoms with Gasteiger partial charge in [-0.05, 0) is 23.8 Å². The van der Waals surface area contributed by atoms with Crippen molar-refractivity contribution >= 4 is 11.6 Å². The number of nitrogens with one attached hydrogen (secondary N) is 1. The number of ether oxygens (including phenoxy) is 1. The number of rotatable bonds is 4. The van der Waals surface area contributed by atoms with E-state index in [1.165, 1.54) is 0 Å². The number of methoxy groups -OCH3 is 1. The van der Waals surface area contributed by atoms with Gasteiger partial charge >= 0.3 is 0 Å². The fourth-order valence-electron chi connectivity index (χ4n) is 1.88. The van der Waals surface area contributed by atoms with Gasteiger partial charge in [0.05, 0.1) is 19.6 Å². The van der Waals surface area contributed by atoms with Crippen LogP contribution >= 0.6 is 0 Å². The van der Waals surface area contributed by atoms with Gasteiger partial charge in [0.25, 0.3) is 5.91 Å². The molecule has 0 aliphatic rings. The molecule has 2 aromatic carbocycles. The maximum atomic E-state index is 12.2. The van der Waals surface area contributed by atoms with Gasteiger partial charge in [-0.15, -0.1) is 0 Å². The van der Waals surface area contributed by atoms with E-state index in [1.54, 1.807) is 49.6 Å². The van der Waals surface area contributed by atoms with Gasteiger partial charge in [-0.2, -0.15) is 5.26 Å². The summed E-state index contributed by atoms with van der Waals surface area (Å²) in [6, 6.07) is 16.3. The molecular weight excluding hydrogens is 252 g/mol. The lowest BCUT2D eigenvalue weighted by atomic mass is 10.0. The van der Waals surface area contributed by atoms with Gasteiger partial charge in [0.15, 0.2) is 0 Å². The Balaban J connectivity index is 2.22. The summed E-state index contributed by atoms with van der Waals surface area (Å²) in [5, 5.41) is 11.6. The first-order valence-corrected chi connectivity index (χ1v) is 6.15. The summed E-state index contributed by atoms with van der Waals surface area (Å²) in [7, 11) is 1.57. The van der Waals surface area contributed by atoms with Crippen molar-refractivity contribution < 1.29 is 9.53 Å². The summed E-state index contributed by atoms with van der Waals surface area (Å²) in [6.07, 6.45) is 0.210.